The SMILES string of the molecule is CCCNC(=O)C(C)N(c1ccc(CN)cc1)C(C)C. The van der Waals surface area contributed by atoms with Gasteiger partial charge in [-0.3, -0.25) is 4.79 Å². The Kier molecular flexibility index (Phi) is 6.52. The highest BCUT2D eigenvalue weighted by Crippen LogP contribution is 2.21. The molecule has 0 aromatic heterocycles. The third kappa shape index (κ3) is 4.23. The van der Waals surface area contributed by atoms with E-state index in [0.29, 0.717) is 6.54 Å². The minimum Gasteiger partial charge on any atom is -0.357 e. The van der Waals surface area contributed by atoms with E-state index in [4.69, 9.17) is 5.73 Å². The van der Waals surface area contributed by atoms with E-state index in [0.717, 1.165) is 24.2 Å². The predicted octanol–water partition coefficient (Wildman–Crippen LogP) is 2.27. The molecule has 0 saturated heterocycles. The van der Waals surface area contributed by atoms with E-state index in [1.165, 1.54) is 0 Å². The van der Waals surface area contributed by atoms with Gasteiger partial charge in [0.2, 0.25) is 5.91 Å². The van der Waals surface area contributed by atoms with Gasteiger partial charge in [0, 0.05) is 24.8 Å². The molecule has 1 aromatic rings. The van der Waals surface area contributed by atoms with Crippen LogP contribution in [0.15, 0.2) is 24.3 Å². The zero-order valence-electron chi connectivity index (χ0n) is 13.0. The van der Waals surface area contributed by atoms with Crippen molar-refractivity contribution in [1.29, 1.82) is 0 Å². The third-order valence-corrected chi connectivity index (χ3v) is 3.37. The second kappa shape index (κ2) is 7.90. The van der Waals surface area contributed by atoms with E-state index < -0.39 is 0 Å². The average Bonchev–Trinajstić information content (AvgIpc) is 2.45. The molecule has 3 N–H and O–H groups in total. The van der Waals surface area contributed by atoms with Gasteiger partial charge in [0.15, 0.2) is 0 Å². The van der Waals surface area contributed by atoms with Crippen LogP contribution in [0.5, 0.6) is 0 Å². The molecule has 0 saturated carbocycles. The van der Waals surface area contributed by atoms with Crippen molar-refractivity contribution in [2.45, 2.75) is 52.7 Å². The molecule has 0 bridgehead atoms. The van der Waals surface area contributed by atoms with Crippen LogP contribution in [-0.4, -0.2) is 24.5 Å². The molecule has 4 heteroatoms. The molecule has 1 rings (SSSR count). The first-order valence-electron chi connectivity index (χ1n) is 7.36. The lowest BCUT2D eigenvalue weighted by Crippen LogP contribution is -2.48. The van der Waals surface area contributed by atoms with Gasteiger partial charge in [-0.2, -0.15) is 0 Å². The summed E-state index contributed by atoms with van der Waals surface area (Å²) in [7, 11) is 0. The molecule has 0 fully saturated rings. The van der Waals surface area contributed by atoms with Crippen molar-refractivity contribution < 1.29 is 4.79 Å². The highest BCUT2D eigenvalue weighted by Gasteiger charge is 2.23. The normalized spacial score (nSPS) is 12.3. The number of nitrogens with two attached hydrogens (primary N) is 1. The van der Waals surface area contributed by atoms with Crippen LogP contribution < -0.4 is 16.0 Å². The molecule has 1 unspecified atom stereocenters. The Labute approximate surface area is 122 Å². The molecule has 1 amide bonds. The summed E-state index contributed by atoms with van der Waals surface area (Å²) in [4.78, 5) is 14.3. The van der Waals surface area contributed by atoms with Crippen molar-refractivity contribution in [3.63, 3.8) is 0 Å². The van der Waals surface area contributed by atoms with Crippen molar-refractivity contribution in [2.24, 2.45) is 5.73 Å². The van der Waals surface area contributed by atoms with Crippen LogP contribution in [0.25, 0.3) is 0 Å². The number of amides is 1. The number of benzene rings is 1. The molecular weight excluding hydrogens is 250 g/mol. The standard InChI is InChI=1S/C16H27N3O/c1-5-10-18-16(20)13(4)19(12(2)3)15-8-6-14(11-17)7-9-15/h6-9,12-13H,5,10-11,17H2,1-4H3,(H,18,20). The van der Waals surface area contributed by atoms with Gasteiger partial charge in [0.1, 0.15) is 6.04 Å². The van der Waals surface area contributed by atoms with Crippen LogP contribution >= 0.6 is 0 Å². The highest BCUT2D eigenvalue weighted by atomic mass is 16.2. The summed E-state index contributed by atoms with van der Waals surface area (Å²) in [6.07, 6.45) is 0.950. The maximum Gasteiger partial charge on any atom is 0.242 e. The largest absolute Gasteiger partial charge is 0.357 e. The summed E-state index contributed by atoms with van der Waals surface area (Å²) in [5.74, 6) is 0.0726. The Hall–Kier alpha value is -1.55. The fourth-order valence-corrected chi connectivity index (χ4v) is 2.30. The lowest BCUT2D eigenvalue weighted by atomic mass is 10.1. The average molecular weight is 277 g/mol. The van der Waals surface area contributed by atoms with Gasteiger partial charge < -0.3 is 16.0 Å². The first-order chi connectivity index (χ1) is 9.51. The minimum atomic E-state index is -0.190. The first kappa shape index (κ1) is 16.5. The molecule has 0 spiro atoms. The number of hydrogen-bond donors (Lipinski definition) is 2. The van der Waals surface area contributed by atoms with E-state index in [-0.39, 0.29) is 18.0 Å². The van der Waals surface area contributed by atoms with Gasteiger partial charge in [0.05, 0.1) is 0 Å². The Balaban J connectivity index is 2.89. The van der Waals surface area contributed by atoms with Crippen molar-refractivity contribution in [2.75, 3.05) is 11.4 Å². The number of nitrogens with zero attached hydrogens (tertiary/aromatic N) is 1. The zero-order chi connectivity index (χ0) is 15.1. The fourth-order valence-electron chi connectivity index (χ4n) is 2.30. The molecule has 4 nitrogen and oxygen atoms in total. The smallest absolute Gasteiger partial charge is 0.242 e. The summed E-state index contributed by atoms with van der Waals surface area (Å²) in [5, 5.41) is 2.96. The van der Waals surface area contributed by atoms with Crippen molar-refractivity contribution in [3.05, 3.63) is 29.8 Å². The maximum atomic E-state index is 12.2. The van der Waals surface area contributed by atoms with Gasteiger partial charge in [-0.25, -0.2) is 0 Å². The number of rotatable bonds is 7. The molecule has 20 heavy (non-hydrogen) atoms. The molecule has 0 aliphatic heterocycles. The molecule has 112 valence electrons. The van der Waals surface area contributed by atoms with Gasteiger partial charge >= 0.3 is 0 Å². The lowest BCUT2D eigenvalue weighted by molar-refractivity contribution is -0.122. The highest BCUT2D eigenvalue weighted by molar-refractivity contribution is 5.85. The van der Waals surface area contributed by atoms with E-state index in [9.17, 15) is 4.79 Å². The number of carbonyl (C=O) groups is 1. The molecular formula is C16H27N3O. The predicted molar refractivity (Wildman–Crippen MR) is 84.7 cm³/mol. The van der Waals surface area contributed by atoms with Crippen molar-refractivity contribution in [3.8, 4) is 0 Å². The summed E-state index contributed by atoms with van der Waals surface area (Å²) in [5.41, 5.74) is 7.77. The van der Waals surface area contributed by atoms with Crippen LogP contribution in [0, 0.1) is 0 Å². The lowest BCUT2D eigenvalue weighted by Gasteiger charge is -2.34. The first-order valence-corrected chi connectivity index (χ1v) is 7.36. The Morgan fingerprint density at radius 1 is 1.25 bits per heavy atom. The summed E-state index contributed by atoms with van der Waals surface area (Å²) in [6.45, 7) is 9.45. The number of nitrogens with one attached hydrogen (secondary N) is 1. The summed E-state index contributed by atoms with van der Waals surface area (Å²) >= 11 is 0. The molecule has 0 heterocycles. The third-order valence-electron chi connectivity index (χ3n) is 3.37. The van der Waals surface area contributed by atoms with E-state index in [1.807, 2.05) is 31.2 Å². The van der Waals surface area contributed by atoms with Crippen LogP contribution in [0.2, 0.25) is 0 Å². The van der Waals surface area contributed by atoms with Crippen molar-refractivity contribution in [1.82, 2.24) is 5.32 Å². The van der Waals surface area contributed by atoms with Gasteiger partial charge in [0.25, 0.3) is 0 Å². The number of anilines is 1. The maximum absolute atomic E-state index is 12.2. The van der Waals surface area contributed by atoms with E-state index in [2.05, 4.69) is 31.0 Å². The second-order valence-electron chi connectivity index (χ2n) is 5.34. The van der Waals surface area contributed by atoms with Crippen LogP contribution in [0.4, 0.5) is 5.69 Å². The van der Waals surface area contributed by atoms with Crippen LogP contribution in [0.3, 0.4) is 0 Å². The fraction of sp³-hybridized carbons (Fsp3) is 0.562. The van der Waals surface area contributed by atoms with Crippen LogP contribution in [0.1, 0.15) is 39.7 Å². The number of carbonyl (C=O) groups excluding carboxylic acids is 1. The van der Waals surface area contributed by atoms with Crippen LogP contribution in [-0.2, 0) is 11.3 Å². The monoisotopic (exact) mass is 277 g/mol. The van der Waals surface area contributed by atoms with Gasteiger partial charge in [-0.1, -0.05) is 19.1 Å². The van der Waals surface area contributed by atoms with E-state index >= 15 is 0 Å². The topological polar surface area (TPSA) is 58.4 Å². The summed E-state index contributed by atoms with van der Waals surface area (Å²) < 4.78 is 0. The molecule has 0 aliphatic carbocycles. The quantitative estimate of drug-likeness (QED) is 0.804. The Morgan fingerprint density at radius 2 is 1.85 bits per heavy atom. The molecule has 1 atom stereocenters. The van der Waals surface area contributed by atoms with Gasteiger partial charge in [-0.05, 0) is 44.9 Å². The minimum absolute atomic E-state index is 0.0726. The van der Waals surface area contributed by atoms with E-state index in [1.54, 1.807) is 0 Å². The van der Waals surface area contributed by atoms with Crippen molar-refractivity contribution >= 4 is 11.6 Å². The molecule has 0 aliphatic rings. The zero-order valence-corrected chi connectivity index (χ0v) is 13.0. The summed E-state index contributed by atoms with van der Waals surface area (Å²) in [6, 6.07) is 8.16. The second-order valence-corrected chi connectivity index (χ2v) is 5.34. The Morgan fingerprint density at radius 3 is 2.30 bits per heavy atom. The number of hydrogen-bond acceptors (Lipinski definition) is 3. The molecule has 1 aromatic carbocycles. The van der Waals surface area contributed by atoms with Gasteiger partial charge in [-0.15, -0.1) is 0 Å². The Bertz CT molecular complexity index is 414. The molecule has 0 radical (unpaired) electrons.